The third-order valence-corrected chi connectivity index (χ3v) is 6.64. The molecule has 0 saturated carbocycles. The molecule has 0 saturated heterocycles. The molecule has 2 N–H and O–H groups in total. The zero-order valence-electron chi connectivity index (χ0n) is 16.6. The number of nitrogens with one attached hydrogen (secondary N) is 2. The zero-order chi connectivity index (χ0) is 21.7. The first-order chi connectivity index (χ1) is 14.3. The Morgan fingerprint density at radius 3 is 2.37 bits per heavy atom. The van der Waals surface area contributed by atoms with Crippen LogP contribution >= 0.6 is 11.3 Å². The minimum absolute atomic E-state index is 0.0731. The van der Waals surface area contributed by atoms with Gasteiger partial charge in [0, 0.05) is 17.7 Å². The third-order valence-electron chi connectivity index (χ3n) is 4.31. The molecule has 1 amide bonds. The number of sulfonamides is 1. The lowest BCUT2D eigenvalue weighted by Gasteiger charge is -2.06. The number of anilines is 1. The van der Waals surface area contributed by atoms with Gasteiger partial charge in [-0.3, -0.25) is 10.1 Å². The number of aromatic nitrogens is 2. The van der Waals surface area contributed by atoms with Gasteiger partial charge in [-0.1, -0.05) is 55.5 Å². The normalized spacial score (nSPS) is 11.4. The largest absolute Gasteiger partial charge is 0.296 e. The van der Waals surface area contributed by atoms with E-state index in [0.717, 1.165) is 5.56 Å². The summed E-state index contributed by atoms with van der Waals surface area (Å²) in [5.74, 6) is 0.0540. The Morgan fingerprint density at radius 1 is 1.10 bits per heavy atom. The van der Waals surface area contributed by atoms with Crippen LogP contribution in [0.3, 0.4) is 0 Å². The summed E-state index contributed by atoms with van der Waals surface area (Å²) < 4.78 is 26.5. The molecule has 1 aromatic heterocycles. The van der Waals surface area contributed by atoms with Crippen molar-refractivity contribution in [2.75, 3.05) is 11.9 Å². The lowest BCUT2D eigenvalue weighted by Crippen LogP contribution is -2.23. The van der Waals surface area contributed by atoms with Gasteiger partial charge in [0.05, 0.1) is 4.90 Å². The molecule has 0 aliphatic heterocycles. The molecule has 30 heavy (non-hydrogen) atoms. The summed E-state index contributed by atoms with van der Waals surface area (Å²) in [7, 11) is -3.63. The Bertz CT molecular complexity index is 1140. The van der Waals surface area contributed by atoms with Gasteiger partial charge in [-0.2, -0.15) is 0 Å². The highest BCUT2D eigenvalue weighted by atomic mass is 32.2. The van der Waals surface area contributed by atoms with Crippen molar-refractivity contribution < 1.29 is 13.2 Å². The van der Waals surface area contributed by atoms with E-state index in [2.05, 4.69) is 52.8 Å². The summed E-state index contributed by atoms with van der Waals surface area (Å²) in [6.07, 6.45) is 1.45. The smallest absolute Gasteiger partial charge is 0.257 e. The molecule has 0 spiro atoms. The van der Waals surface area contributed by atoms with Gasteiger partial charge < -0.3 is 0 Å². The average Bonchev–Trinajstić information content (AvgIpc) is 3.21. The van der Waals surface area contributed by atoms with Crippen LogP contribution in [0.25, 0.3) is 10.6 Å². The molecule has 0 radical (unpaired) electrons. The predicted octanol–water partition coefficient (Wildman–Crippen LogP) is 4.05. The van der Waals surface area contributed by atoms with Crippen LogP contribution < -0.4 is 10.0 Å². The molecule has 2 aromatic carbocycles. The molecule has 0 atom stereocenters. The molecule has 3 rings (SSSR count). The summed E-state index contributed by atoms with van der Waals surface area (Å²) in [5, 5.41) is 11.9. The second-order valence-electron chi connectivity index (χ2n) is 6.81. The van der Waals surface area contributed by atoms with Crippen molar-refractivity contribution in [1.29, 1.82) is 0 Å². The first-order valence-corrected chi connectivity index (χ1v) is 11.6. The molecule has 0 bridgehead atoms. The quantitative estimate of drug-likeness (QED) is 0.513. The van der Waals surface area contributed by atoms with Crippen LogP contribution in [0.1, 0.15) is 35.7 Å². The van der Waals surface area contributed by atoms with E-state index in [4.69, 9.17) is 0 Å². The van der Waals surface area contributed by atoms with Gasteiger partial charge in [0.15, 0.2) is 0 Å². The van der Waals surface area contributed by atoms with Crippen LogP contribution in [-0.4, -0.2) is 31.1 Å². The number of amides is 1. The van der Waals surface area contributed by atoms with Crippen LogP contribution in [0, 0.1) is 0 Å². The first kappa shape index (κ1) is 21.8. The number of carbonyl (C=O) groups is 1. The van der Waals surface area contributed by atoms with E-state index in [-0.39, 0.29) is 11.4 Å². The highest BCUT2D eigenvalue weighted by molar-refractivity contribution is 7.89. The maximum absolute atomic E-state index is 12.5. The number of nitrogens with zero attached hydrogens (tertiary/aromatic N) is 2. The van der Waals surface area contributed by atoms with Crippen molar-refractivity contribution in [2.24, 2.45) is 0 Å². The van der Waals surface area contributed by atoms with Gasteiger partial charge in [0.1, 0.15) is 5.01 Å². The van der Waals surface area contributed by atoms with Crippen LogP contribution in [0.2, 0.25) is 0 Å². The van der Waals surface area contributed by atoms with E-state index in [9.17, 15) is 13.2 Å². The van der Waals surface area contributed by atoms with Crippen molar-refractivity contribution in [3.05, 3.63) is 72.3 Å². The Balaban J connectivity index is 1.68. The summed E-state index contributed by atoms with van der Waals surface area (Å²) in [6.45, 7) is 7.87. The fraction of sp³-hybridized carbons (Fsp3) is 0.190. The minimum Gasteiger partial charge on any atom is -0.296 e. The Kier molecular flexibility index (Phi) is 6.76. The number of hydrogen-bond acceptors (Lipinski definition) is 6. The second-order valence-corrected chi connectivity index (χ2v) is 9.55. The van der Waals surface area contributed by atoms with Gasteiger partial charge in [-0.15, -0.1) is 16.8 Å². The lowest BCUT2D eigenvalue weighted by molar-refractivity contribution is 0.102. The molecule has 0 aliphatic rings. The summed E-state index contributed by atoms with van der Waals surface area (Å²) in [5.41, 5.74) is 2.48. The van der Waals surface area contributed by atoms with Crippen molar-refractivity contribution in [3.63, 3.8) is 0 Å². The molecule has 0 aliphatic carbocycles. The van der Waals surface area contributed by atoms with Crippen molar-refractivity contribution >= 4 is 32.4 Å². The lowest BCUT2D eigenvalue weighted by atomic mass is 10.0. The zero-order valence-corrected chi connectivity index (χ0v) is 18.3. The third kappa shape index (κ3) is 5.18. The molecule has 1 heterocycles. The van der Waals surface area contributed by atoms with E-state index in [1.54, 1.807) is 0 Å². The maximum Gasteiger partial charge on any atom is 0.257 e. The first-order valence-electron chi connectivity index (χ1n) is 9.26. The molecular formula is C21H22N4O3S2. The summed E-state index contributed by atoms with van der Waals surface area (Å²) in [4.78, 5) is 12.5. The predicted molar refractivity (Wildman–Crippen MR) is 119 cm³/mol. The highest BCUT2D eigenvalue weighted by Crippen LogP contribution is 2.28. The minimum atomic E-state index is -3.63. The van der Waals surface area contributed by atoms with E-state index < -0.39 is 15.9 Å². The van der Waals surface area contributed by atoms with Crippen molar-refractivity contribution in [3.8, 4) is 10.6 Å². The van der Waals surface area contributed by atoms with Gasteiger partial charge in [-0.25, -0.2) is 13.1 Å². The van der Waals surface area contributed by atoms with Crippen LogP contribution in [0.5, 0.6) is 0 Å². The van der Waals surface area contributed by atoms with Crippen molar-refractivity contribution in [1.82, 2.24) is 14.9 Å². The van der Waals surface area contributed by atoms with Gasteiger partial charge in [0.25, 0.3) is 5.91 Å². The number of carbonyl (C=O) groups excluding carboxylic acids is 1. The van der Waals surface area contributed by atoms with Crippen LogP contribution in [0.4, 0.5) is 5.13 Å². The van der Waals surface area contributed by atoms with Crippen LogP contribution in [0.15, 0.2) is 66.1 Å². The maximum atomic E-state index is 12.5. The summed E-state index contributed by atoms with van der Waals surface area (Å²) in [6, 6.07) is 13.7. The number of benzene rings is 2. The average molecular weight is 443 g/mol. The van der Waals surface area contributed by atoms with E-state index >= 15 is 0 Å². The van der Waals surface area contributed by atoms with E-state index in [1.807, 2.05) is 12.1 Å². The number of hydrogen-bond donors (Lipinski definition) is 2. The van der Waals surface area contributed by atoms with Crippen molar-refractivity contribution in [2.45, 2.75) is 24.7 Å². The van der Waals surface area contributed by atoms with E-state index in [0.29, 0.717) is 21.6 Å². The SMILES string of the molecule is C=CCNS(=O)(=O)c1ccc(C(=O)Nc2nnc(-c3ccc(C(C)C)cc3)s2)cc1. The number of rotatable bonds is 8. The molecule has 0 fully saturated rings. The summed E-state index contributed by atoms with van der Waals surface area (Å²) >= 11 is 1.27. The fourth-order valence-electron chi connectivity index (χ4n) is 2.61. The Morgan fingerprint density at radius 2 is 1.77 bits per heavy atom. The Hall–Kier alpha value is -2.88. The highest BCUT2D eigenvalue weighted by Gasteiger charge is 2.15. The molecule has 7 nitrogen and oxygen atoms in total. The van der Waals surface area contributed by atoms with Gasteiger partial charge >= 0.3 is 0 Å². The molecule has 9 heteroatoms. The van der Waals surface area contributed by atoms with Gasteiger partial charge in [0.2, 0.25) is 15.2 Å². The second kappa shape index (κ2) is 9.29. The molecule has 0 unspecified atom stereocenters. The van der Waals surface area contributed by atoms with E-state index in [1.165, 1.54) is 47.2 Å². The Labute approximate surface area is 179 Å². The standard InChI is InChI=1S/C21H22N4O3S2/c1-4-13-22-30(27,28)18-11-9-16(10-12-18)19(26)23-21-25-24-20(29-21)17-7-5-15(6-8-17)14(2)3/h4-12,14,22H,1,13H2,2-3H3,(H,23,25,26). The van der Waals surface area contributed by atoms with Gasteiger partial charge in [-0.05, 0) is 35.7 Å². The topological polar surface area (TPSA) is 101 Å². The fourth-order valence-corrected chi connectivity index (χ4v) is 4.35. The van der Waals surface area contributed by atoms with Crippen LogP contribution in [-0.2, 0) is 10.0 Å². The monoisotopic (exact) mass is 442 g/mol. The molecule has 3 aromatic rings. The molecular weight excluding hydrogens is 420 g/mol. The molecule has 156 valence electrons.